The first-order valence-electron chi connectivity index (χ1n) is 4.29. The van der Waals surface area contributed by atoms with Gasteiger partial charge in [-0.15, -0.1) is 0 Å². The minimum Gasteiger partial charge on any atom is -0.303 e. The Labute approximate surface area is 66.5 Å². The van der Waals surface area contributed by atoms with Gasteiger partial charge in [-0.2, -0.15) is 0 Å². The SMILES string of the molecule is NC1N2CC3CN(C2)CN1C3. The van der Waals surface area contributed by atoms with Crippen molar-refractivity contribution in [3.8, 4) is 0 Å². The summed E-state index contributed by atoms with van der Waals surface area (Å²) < 4.78 is 0. The van der Waals surface area contributed by atoms with Crippen molar-refractivity contribution in [2.45, 2.75) is 6.29 Å². The molecule has 2 unspecified atom stereocenters. The number of rotatable bonds is 0. The molecular weight excluding hydrogens is 140 g/mol. The van der Waals surface area contributed by atoms with Crippen molar-refractivity contribution >= 4 is 0 Å². The molecule has 4 aliphatic heterocycles. The summed E-state index contributed by atoms with van der Waals surface area (Å²) in [5.41, 5.74) is 5.99. The van der Waals surface area contributed by atoms with Gasteiger partial charge in [0.25, 0.3) is 0 Å². The van der Waals surface area contributed by atoms with Crippen LogP contribution in [-0.2, 0) is 0 Å². The predicted octanol–water partition coefficient (Wildman–Crippen LogP) is -1.29. The van der Waals surface area contributed by atoms with Crippen molar-refractivity contribution in [2.75, 3.05) is 33.0 Å². The van der Waals surface area contributed by atoms with E-state index >= 15 is 0 Å². The van der Waals surface area contributed by atoms with Gasteiger partial charge >= 0.3 is 0 Å². The van der Waals surface area contributed by atoms with E-state index in [1.54, 1.807) is 0 Å². The van der Waals surface area contributed by atoms with E-state index in [-0.39, 0.29) is 6.29 Å². The topological polar surface area (TPSA) is 35.7 Å². The van der Waals surface area contributed by atoms with E-state index < -0.39 is 0 Å². The average molecular weight is 154 g/mol. The van der Waals surface area contributed by atoms with Crippen LogP contribution in [0.5, 0.6) is 0 Å². The van der Waals surface area contributed by atoms with Crippen LogP contribution in [0, 0.1) is 5.92 Å². The Hall–Kier alpha value is -0.160. The Bertz CT molecular complexity index is 153. The molecule has 0 aromatic rings. The molecule has 0 aliphatic carbocycles. The first-order valence-corrected chi connectivity index (χ1v) is 4.29. The smallest absolute Gasteiger partial charge is 0.116 e. The van der Waals surface area contributed by atoms with Crippen LogP contribution < -0.4 is 5.73 Å². The zero-order valence-electron chi connectivity index (χ0n) is 6.61. The molecule has 0 radical (unpaired) electrons. The van der Waals surface area contributed by atoms with Gasteiger partial charge in [-0.3, -0.25) is 14.7 Å². The van der Waals surface area contributed by atoms with Crippen molar-refractivity contribution in [1.82, 2.24) is 14.7 Å². The van der Waals surface area contributed by atoms with Gasteiger partial charge in [0.15, 0.2) is 0 Å². The van der Waals surface area contributed by atoms with Crippen LogP contribution in [0.3, 0.4) is 0 Å². The second-order valence-corrected chi connectivity index (χ2v) is 3.96. The Balaban J connectivity index is 1.91. The fraction of sp³-hybridized carbons (Fsp3) is 1.00. The average Bonchev–Trinajstić information content (AvgIpc) is 1.98. The minimum atomic E-state index is 0.211. The van der Waals surface area contributed by atoms with Gasteiger partial charge in [-0.05, 0) is 5.92 Å². The molecule has 0 spiro atoms. The largest absolute Gasteiger partial charge is 0.303 e. The third-order valence-corrected chi connectivity index (χ3v) is 3.01. The lowest BCUT2D eigenvalue weighted by Gasteiger charge is -2.58. The zero-order valence-corrected chi connectivity index (χ0v) is 6.61. The molecule has 62 valence electrons. The van der Waals surface area contributed by atoms with Gasteiger partial charge in [0, 0.05) is 19.6 Å². The van der Waals surface area contributed by atoms with E-state index in [0.717, 1.165) is 19.3 Å². The maximum absolute atomic E-state index is 5.99. The molecule has 2 atom stereocenters. The highest BCUT2D eigenvalue weighted by Gasteiger charge is 2.42. The normalized spacial score (nSPS) is 60.3. The summed E-state index contributed by atoms with van der Waals surface area (Å²) in [6.07, 6.45) is 0.211. The molecule has 0 aromatic carbocycles. The Morgan fingerprint density at radius 2 is 1.64 bits per heavy atom. The van der Waals surface area contributed by atoms with Crippen LogP contribution in [0.2, 0.25) is 0 Å². The van der Waals surface area contributed by atoms with Gasteiger partial charge < -0.3 is 5.73 Å². The standard InChI is InChI=1S/C7H14N4/c8-7-10-2-6-1-9(4-10)5-11(7)3-6/h6-7H,1-5,8H2. The van der Waals surface area contributed by atoms with E-state index in [4.69, 9.17) is 5.73 Å². The molecule has 4 bridgehead atoms. The molecule has 2 N–H and O–H groups in total. The summed E-state index contributed by atoms with van der Waals surface area (Å²) in [6, 6.07) is 0. The predicted molar refractivity (Wildman–Crippen MR) is 41.3 cm³/mol. The summed E-state index contributed by atoms with van der Waals surface area (Å²) in [4.78, 5) is 7.20. The summed E-state index contributed by atoms with van der Waals surface area (Å²) >= 11 is 0. The molecule has 4 fully saturated rings. The maximum atomic E-state index is 5.99. The first-order chi connectivity index (χ1) is 5.33. The molecule has 4 saturated heterocycles. The zero-order chi connectivity index (χ0) is 7.42. The second kappa shape index (κ2) is 1.95. The number of nitrogens with zero attached hydrogens (tertiary/aromatic N) is 3. The van der Waals surface area contributed by atoms with Crippen LogP contribution in [0.1, 0.15) is 0 Å². The molecule has 4 heteroatoms. The molecule has 0 aromatic heterocycles. The molecule has 4 heterocycles. The fourth-order valence-electron chi connectivity index (χ4n) is 2.61. The quantitative estimate of drug-likeness (QED) is 0.471. The van der Waals surface area contributed by atoms with Crippen LogP contribution >= 0.6 is 0 Å². The highest BCUT2D eigenvalue weighted by molar-refractivity contribution is 4.91. The second-order valence-electron chi connectivity index (χ2n) is 3.96. The summed E-state index contributed by atoms with van der Waals surface area (Å²) in [6.45, 7) is 5.91. The lowest BCUT2D eigenvalue weighted by Crippen LogP contribution is -2.74. The highest BCUT2D eigenvalue weighted by atomic mass is 15.6. The minimum absolute atomic E-state index is 0.211. The van der Waals surface area contributed by atoms with Gasteiger partial charge in [0.05, 0.1) is 13.3 Å². The maximum Gasteiger partial charge on any atom is 0.116 e. The Morgan fingerprint density at radius 1 is 1.00 bits per heavy atom. The van der Waals surface area contributed by atoms with E-state index in [2.05, 4.69) is 14.7 Å². The summed E-state index contributed by atoms with van der Waals surface area (Å²) in [5, 5.41) is 0. The number of nitrogens with two attached hydrogens (primary N) is 1. The summed E-state index contributed by atoms with van der Waals surface area (Å²) in [7, 11) is 0. The van der Waals surface area contributed by atoms with Gasteiger partial charge in [0.1, 0.15) is 6.29 Å². The monoisotopic (exact) mass is 154 g/mol. The lowest BCUT2D eigenvalue weighted by atomic mass is 10.0. The van der Waals surface area contributed by atoms with Crippen LogP contribution in [0.25, 0.3) is 0 Å². The van der Waals surface area contributed by atoms with Crippen molar-refractivity contribution in [3.05, 3.63) is 0 Å². The molecule has 11 heavy (non-hydrogen) atoms. The van der Waals surface area contributed by atoms with E-state index in [9.17, 15) is 0 Å². The van der Waals surface area contributed by atoms with Gasteiger partial charge in [0.2, 0.25) is 0 Å². The molecule has 0 amide bonds. The molecule has 4 rings (SSSR count). The number of hydrogen-bond donors (Lipinski definition) is 1. The molecule has 4 nitrogen and oxygen atoms in total. The molecule has 0 saturated carbocycles. The lowest BCUT2D eigenvalue weighted by molar-refractivity contribution is -0.172. The van der Waals surface area contributed by atoms with E-state index in [1.165, 1.54) is 19.6 Å². The Kier molecular flexibility index (Phi) is 1.13. The first kappa shape index (κ1) is 6.37. The van der Waals surface area contributed by atoms with Crippen molar-refractivity contribution in [3.63, 3.8) is 0 Å². The van der Waals surface area contributed by atoms with Crippen molar-refractivity contribution in [1.29, 1.82) is 0 Å². The van der Waals surface area contributed by atoms with Gasteiger partial charge in [-0.1, -0.05) is 0 Å². The van der Waals surface area contributed by atoms with Crippen molar-refractivity contribution < 1.29 is 0 Å². The molecule has 4 aliphatic rings. The Morgan fingerprint density at radius 3 is 2.18 bits per heavy atom. The number of hydrogen-bond acceptors (Lipinski definition) is 4. The van der Waals surface area contributed by atoms with E-state index in [1.807, 2.05) is 0 Å². The van der Waals surface area contributed by atoms with Crippen LogP contribution in [0.4, 0.5) is 0 Å². The third kappa shape index (κ3) is 0.780. The summed E-state index contributed by atoms with van der Waals surface area (Å²) in [5.74, 6) is 0.859. The van der Waals surface area contributed by atoms with Crippen LogP contribution in [0.15, 0.2) is 0 Å². The molecular formula is C7H14N4. The van der Waals surface area contributed by atoms with Gasteiger partial charge in [-0.25, -0.2) is 0 Å². The van der Waals surface area contributed by atoms with Crippen molar-refractivity contribution in [2.24, 2.45) is 11.7 Å². The third-order valence-electron chi connectivity index (χ3n) is 3.01. The fourth-order valence-corrected chi connectivity index (χ4v) is 2.61. The highest BCUT2D eigenvalue weighted by Crippen LogP contribution is 2.27. The van der Waals surface area contributed by atoms with Crippen LogP contribution in [-0.4, -0.2) is 54.0 Å². The van der Waals surface area contributed by atoms with E-state index in [0.29, 0.717) is 0 Å².